The monoisotopic (exact) mass is 949 g/mol. The number of carbonyl (C=O) groups is 1. The average Bonchev–Trinajstić information content (AvgIpc) is 3.44. The van der Waals surface area contributed by atoms with E-state index in [2.05, 4.69) is 119 Å². The second-order valence-corrected chi connectivity index (χ2v) is 18.1. The molecular formula is C64H59N3O5. The number of para-hydroxylation sites is 3. The maximum Gasteiger partial charge on any atom is 0.150 e. The van der Waals surface area contributed by atoms with Crippen molar-refractivity contribution in [3.05, 3.63) is 268 Å². The van der Waals surface area contributed by atoms with E-state index in [1.165, 1.54) is 0 Å². The van der Waals surface area contributed by atoms with Gasteiger partial charge in [-0.25, -0.2) is 0 Å². The summed E-state index contributed by atoms with van der Waals surface area (Å²) in [5.41, 5.74) is 17.2. The molecule has 9 aromatic carbocycles. The van der Waals surface area contributed by atoms with Gasteiger partial charge in [0.2, 0.25) is 0 Å². The number of benzene rings is 9. The summed E-state index contributed by atoms with van der Waals surface area (Å²) in [6, 6.07) is 73.3. The second kappa shape index (κ2) is 23.2. The molecule has 0 radical (unpaired) electrons. The Balaban J connectivity index is 0.988. The molecule has 8 nitrogen and oxygen atoms in total. The fourth-order valence-electron chi connectivity index (χ4n) is 9.32. The number of hydrogen-bond donors (Lipinski definition) is 4. The standard InChI is InChI=1S/C64H59N3O5/c1-46-14-29-55(30-15-46)65(56-31-16-47(42-68)17-32-56)63-13-7-4-10-53(63)28-41-64(72)54-26-39-60(40-27-54)67(59-37-22-50(45-71)23-38-59)62-12-6-3-9-52(62)25-24-51-8-2-5-11-61(51)66(57-33-18-48(43-69)19-34-57)58-35-20-49(44-70)21-36-58/h2-23,26-27,29-40,42,64,69-72H,24-25,28,41,43-45H2,1H3. The Morgan fingerprint density at radius 2 is 0.694 bits per heavy atom. The third-order valence-electron chi connectivity index (χ3n) is 13.3. The molecule has 0 bridgehead atoms. The highest BCUT2D eigenvalue weighted by atomic mass is 16.3. The molecule has 1 atom stereocenters. The number of aliphatic hydroxyl groups is 4. The second-order valence-electron chi connectivity index (χ2n) is 18.1. The first-order valence-corrected chi connectivity index (χ1v) is 24.5. The normalized spacial score (nSPS) is 11.5. The van der Waals surface area contributed by atoms with E-state index < -0.39 is 6.10 Å². The van der Waals surface area contributed by atoms with E-state index in [0.29, 0.717) is 18.4 Å². The van der Waals surface area contributed by atoms with Gasteiger partial charge in [0.25, 0.3) is 0 Å². The first-order valence-electron chi connectivity index (χ1n) is 24.5. The zero-order valence-electron chi connectivity index (χ0n) is 40.4. The van der Waals surface area contributed by atoms with E-state index in [4.69, 9.17) is 0 Å². The molecule has 4 N–H and O–H groups in total. The van der Waals surface area contributed by atoms with Crippen LogP contribution in [0.4, 0.5) is 51.2 Å². The van der Waals surface area contributed by atoms with Crippen LogP contribution in [0, 0.1) is 6.92 Å². The van der Waals surface area contributed by atoms with Crippen molar-refractivity contribution < 1.29 is 25.2 Å². The quantitative estimate of drug-likeness (QED) is 0.0560. The van der Waals surface area contributed by atoms with Gasteiger partial charge in [-0.15, -0.1) is 0 Å². The Bertz CT molecular complexity index is 3130. The molecule has 0 spiro atoms. The van der Waals surface area contributed by atoms with Crippen LogP contribution in [-0.2, 0) is 39.1 Å². The number of aliphatic hydroxyl groups excluding tert-OH is 4. The number of nitrogens with zero attached hydrogens (tertiary/aromatic N) is 3. The van der Waals surface area contributed by atoms with E-state index in [-0.39, 0.29) is 19.8 Å². The zero-order chi connectivity index (χ0) is 49.8. The molecule has 0 aliphatic carbocycles. The molecule has 0 saturated heterocycles. The van der Waals surface area contributed by atoms with Gasteiger partial charge in [0, 0.05) is 56.7 Å². The summed E-state index contributed by atoms with van der Waals surface area (Å²) in [6.07, 6.45) is 2.71. The van der Waals surface area contributed by atoms with Crippen LogP contribution in [-0.4, -0.2) is 26.7 Å². The Morgan fingerprint density at radius 3 is 1.04 bits per heavy atom. The summed E-state index contributed by atoms with van der Waals surface area (Å²) in [6.45, 7) is 1.94. The molecule has 0 aliphatic rings. The van der Waals surface area contributed by atoms with Crippen LogP contribution in [0.3, 0.4) is 0 Å². The third-order valence-corrected chi connectivity index (χ3v) is 13.3. The summed E-state index contributed by atoms with van der Waals surface area (Å²) < 4.78 is 0. The summed E-state index contributed by atoms with van der Waals surface area (Å²) in [7, 11) is 0. The highest BCUT2D eigenvalue weighted by Crippen LogP contribution is 2.42. The average molecular weight is 950 g/mol. The lowest BCUT2D eigenvalue weighted by atomic mass is 9.98. The fraction of sp³-hybridized carbons (Fsp3) is 0.141. The lowest BCUT2D eigenvalue weighted by molar-refractivity contribution is 0.112. The molecule has 0 aromatic heterocycles. The Morgan fingerprint density at radius 1 is 0.389 bits per heavy atom. The van der Waals surface area contributed by atoms with Crippen molar-refractivity contribution in [2.45, 2.75) is 58.5 Å². The number of aldehydes is 1. The highest BCUT2D eigenvalue weighted by Gasteiger charge is 2.21. The third kappa shape index (κ3) is 11.2. The van der Waals surface area contributed by atoms with Crippen molar-refractivity contribution in [2.75, 3.05) is 14.7 Å². The summed E-state index contributed by atoms with van der Waals surface area (Å²) >= 11 is 0. The topological polar surface area (TPSA) is 108 Å². The van der Waals surface area contributed by atoms with Crippen molar-refractivity contribution in [2.24, 2.45) is 0 Å². The first-order chi connectivity index (χ1) is 35.3. The van der Waals surface area contributed by atoms with E-state index in [0.717, 1.165) is 115 Å². The Hall–Kier alpha value is -8.11. The predicted octanol–water partition coefficient (Wildman–Crippen LogP) is 14.1. The van der Waals surface area contributed by atoms with E-state index in [1.54, 1.807) is 0 Å². The predicted molar refractivity (Wildman–Crippen MR) is 292 cm³/mol. The minimum Gasteiger partial charge on any atom is -0.392 e. The zero-order valence-corrected chi connectivity index (χ0v) is 40.4. The minimum absolute atomic E-state index is 0.0382. The molecular weight excluding hydrogens is 891 g/mol. The van der Waals surface area contributed by atoms with Crippen molar-refractivity contribution in [3.63, 3.8) is 0 Å². The minimum atomic E-state index is -0.726. The number of aryl methyl sites for hydroxylation is 4. The lowest BCUT2D eigenvalue weighted by Gasteiger charge is -2.29. The molecule has 0 saturated carbocycles. The fourth-order valence-corrected chi connectivity index (χ4v) is 9.32. The first kappa shape index (κ1) is 48.9. The smallest absolute Gasteiger partial charge is 0.150 e. The van der Waals surface area contributed by atoms with Gasteiger partial charge in [0.1, 0.15) is 6.29 Å². The van der Waals surface area contributed by atoms with Crippen molar-refractivity contribution in [1.29, 1.82) is 0 Å². The number of rotatable bonds is 20. The molecule has 72 heavy (non-hydrogen) atoms. The van der Waals surface area contributed by atoms with Crippen LogP contribution in [0.5, 0.6) is 0 Å². The molecule has 9 aromatic rings. The van der Waals surface area contributed by atoms with Crippen LogP contribution < -0.4 is 14.7 Å². The van der Waals surface area contributed by atoms with Gasteiger partial charge in [-0.2, -0.15) is 0 Å². The van der Waals surface area contributed by atoms with Gasteiger partial charge in [0.05, 0.1) is 25.9 Å². The van der Waals surface area contributed by atoms with Gasteiger partial charge in [-0.05, 0) is 175 Å². The van der Waals surface area contributed by atoms with Crippen LogP contribution in [0.15, 0.2) is 218 Å². The van der Waals surface area contributed by atoms with Gasteiger partial charge in [-0.1, -0.05) is 121 Å². The molecule has 9 rings (SSSR count). The van der Waals surface area contributed by atoms with Crippen LogP contribution in [0.1, 0.15) is 67.4 Å². The van der Waals surface area contributed by atoms with Gasteiger partial charge in [0.15, 0.2) is 0 Å². The molecule has 0 heterocycles. The van der Waals surface area contributed by atoms with Crippen LogP contribution >= 0.6 is 0 Å². The SMILES string of the molecule is Cc1ccc(N(c2ccc(C=O)cc2)c2ccccc2CCC(O)c2ccc(N(c3ccc(CO)cc3)c3ccccc3CCc3ccccc3N(c3ccc(CO)cc3)c3ccc(CO)cc3)cc2)cc1. The maximum absolute atomic E-state index is 11.8. The Labute approximate surface area is 422 Å². The van der Waals surface area contributed by atoms with E-state index in [9.17, 15) is 25.2 Å². The Kier molecular flexibility index (Phi) is 15.8. The van der Waals surface area contributed by atoms with Gasteiger partial charge >= 0.3 is 0 Å². The van der Waals surface area contributed by atoms with Crippen molar-refractivity contribution in [1.82, 2.24) is 0 Å². The van der Waals surface area contributed by atoms with E-state index >= 15 is 0 Å². The van der Waals surface area contributed by atoms with Gasteiger partial charge < -0.3 is 35.1 Å². The number of anilines is 9. The molecule has 0 aliphatic heterocycles. The molecule has 1 unspecified atom stereocenters. The summed E-state index contributed by atoms with van der Waals surface area (Å²) in [5.74, 6) is 0. The highest BCUT2D eigenvalue weighted by molar-refractivity contribution is 5.83. The molecule has 360 valence electrons. The summed E-state index contributed by atoms with van der Waals surface area (Å²) in [5, 5.41) is 41.5. The lowest BCUT2D eigenvalue weighted by Crippen LogP contribution is -2.14. The molecule has 0 amide bonds. The largest absolute Gasteiger partial charge is 0.392 e. The number of hydrogen-bond acceptors (Lipinski definition) is 8. The molecule has 8 heteroatoms. The van der Waals surface area contributed by atoms with Crippen LogP contribution in [0.25, 0.3) is 0 Å². The van der Waals surface area contributed by atoms with Crippen LogP contribution in [0.2, 0.25) is 0 Å². The van der Waals surface area contributed by atoms with Crippen molar-refractivity contribution in [3.8, 4) is 0 Å². The summed E-state index contributed by atoms with van der Waals surface area (Å²) in [4.78, 5) is 18.2. The van der Waals surface area contributed by atoms with E-state index in [1.807, 2.05) is 121 Å². The molecule has 0 fully saturated rings. The van der Waals surface area contributed by atoms with Gasteiger partial charge in [-0.3, -0.25) is 4.79 Å². The van der Waals surface area contributed by atoms with Crippen molar-refractivity contribution >= 4 is 57.5 Å². The number of carbonyl (C=O) groups excluding carboxylic acids is 1. The maximum atomic E-state index is 11.8.